The molecular weight excluding hydrogens is 301 g/mol. The molecular formula is C14H13ClFNO2S. The topological polar surface area (TPSA) is 52.3 Å². The van der Waals surface area contributed by atoms with Gasteiger partial charge in [0.25, 0.3) is 0 Å². The van der Waals surface area contributed by atoms with Gasteiger partial charge in [-0.15, -0.1) is 0 Å². The number of hydrogen-bond acceptors (Lipinski definition) is 3. The largest absolute Gasteiger partial charge is 0.497 e. The van der Waals surface area contributed by atoms with E-state index >= 15 is 0 Å². The molecule has 1 atom stereocenters. The Balaban J connectivity index is 2.21. The van der Waals surface area contributed by atoms with Crippen LogP contribution in [-0.2, 0) is 16.6 Å². The lowest BCUT2D eigenvalue weighted by molar-refractivity contribution is 0.411. The molecule has 106 valence electrons. The molecule has 0 spiro atoms. The number of anilines is 1. The quantitative estimate of drug-likeness (QED) is 0.880. The van der Waals surface area contributed by atoms with Crippen molar-refractivity contribution < 1.29 is 13.3 Å². The van der Waals surface area contributed by atoms with Gasteiger partial charge in [-0.05, 0) is 24.3 Å². The minimum Gasteiger partial charge on any atom is -0.497 e. The highest BCUT2D eigenvalue weighted by Gasteiger charge is 2.11. The van der Waals surface area contributed by atoms with Gasteiger partial charge >= 0.3 is 0 Å². The van der Waals surface area contributed by atoms with Crippen LogP contribution in [0.25, 0.3) is 0 Å². The first-order valence-corrected chi connectivity index (χ1v) is 7.46. The molecule has 0 saturated heterocycles. The Bertz CT molecular complexity index is 664. The first-order chi connectivity index (χ1) is 9.51. The smallest absolute Gasteiger partial charge is 0.131 e. The van der Waals surface area contributed by atoms with Gasteiger partial charge in [0.05, 0.1) is 34.4 Å². The third kappa shape index (κ3) is 3.29. The molecule has 1 unspecified atom stereocenters. The molecule has 0 aliphatic rings. The number of hydrogen-bond donors (Lipinski definition) is 1. The summed E-state index contributed by atoms with van der Waals surface area (Å²) in [6.45, 7) is 0. The van der Waals surface area contributed by atoms with Crippen LogP contribution in [-0.4, -0.2) is 11.3 Å². The molecule has 0 aliphatic carbocycles. The Labute approximate surface area is 124 Å². The molecule has 2 rings (SSSR count). The van der Waals surface area contributed by atoms with Crippen LogP contribution >= 0.6 is 11.6 Å². The van der Waals surface area contributed by atoms with Gasteiger partial charge < -0.3 is 10.5 Å². The van der Waals surface area contributed by atoms with Crippen LogP contribution in [0.3, 0.4) is 0 Å². The van der Waals surface area contributed by atoms with Crippen LogP contribution < -0.4 is 10.5 Å². The second kappa shape index (κ2) is 6.24. The summed E-state index contributed by atoms with van der Waals surface area (Å²) in [5.41, 5.74) is 6.37. The Kier molecular flexibility index (Phi) is 4.62. The number of benzene rings is 2. The van der Waals surface area contributed by atoms with Crippen LogP contribution in [0.4, 0.5) is 10.1 Å². The molecule has 3 nitrogen and oxygen atoms in total. The van der Waals surface area contributed by atoms with Gasteiger partial charge in [0.1, 0.15) is 11.6 Å². The molecule has 0 bridgehead atoms. The van der Waals surface area contributed by atoms with E-state index in [0.29, 0.717) is 26.9 Å². The van der Waals surface area contributed by atoms with E-state index in [1.54, 1.807) is 24.3 Å². The van der Waals surface area contributed by atoms with E-state index in [1.165, 1.54) is 19.2 Å². The molecule has 0 heterocycles. The summed E-state index contributed by atoms with van der Waals surface area (Å²) in [4.78, 5) is 0.513. The fourth-order valence-corrected chi connectivity index (χ4v) is 3.04. The molecule has 6 heteroatoms. The van der Waals surface area contributed by atoms with Crippen molar-refractivity contribution in [1.29, 1.82) is 0 Å². The van der Waals surface area contributed by atoms with Crippen molar-refractivity contribution in [3.8, 4) is 5.75 Å². The minimum absolute atomic E-state index is 0.0656. The molecule has 2 aromatic carbocycles. The summed E-state index contributed by atoms with van der Waals surface area (Å²) in [6.07, 6.45) is 0. The van der Waals surface area contributed by atoms with Gasteiger partial charge in [-0.3, -0.25) is 4.21 Å². The Morgan fingerprint density at radius 2 is 2.05 bits per heavy atom. The van der Waals surface area contributed by atoms with Gasteiger partial charge in [0.2, 0.25) is 0 Å². The van der Waals surface area contributed by atoms with Crippen LogP contribution in [0, 0.1) is 5.82 Å². The summed E-state index contributed by atoms with van der Waals surface area (Å²) < 4.78 is 30.9. The summed E-state index contributed by atoms with van der Waals surface area (Å²) in [5.74, 6) is 0.0441. The van der Waals surface area contributed by atoms with Crippen molar-refractivity contribution in [2.24, 2.45) is 0 Å². The Morgan fingerprint density at radius 3 is 2.65 bits per heavy atom. The average Bonchev–Trinajstić information content (AvgIpc) is 2.43. The number of methoxy groups -OCH3 is 1. The van der Waals surface area contributed by atoms with Crippen molar-refractivity contribution in [3.05, 3.63) is 52.8 Å². The molecule has 0 aliphatic heterocycles. The maximum absolute atomic E-state index is 13.8. The number of halogens is 2. The fraction of sp³-hybridized carbons (Fsp3) is 0.143. The normalized spacial score (nSPS) is 12.2. The van der Waals surface area contributed by atoms with Crippen LogP contribution in [0.15, 0.2) is 41.3 Å². The van der Waals surface area contributed by atoms with E-state index in [-0.39, 0.29) is 5.75 Å². The number of nitrogens with two attached hydrogens (primary N) is 1. The SMILES string of the molecule is COc1ccc(CS(=O)c2ccc(N)c(Cl)c2)c(F)c1. The van der Waals surface area contributed by atoms with Crippen molar-refractivity contribution in [2.45, 2.75) is 10.6 Å². The van der Waals surface area contributed by atoms with Crippen molar-refractivity contribution in [1.82, 2.24) is 0 Å². The lowest BCUT2D eigenvalue weighted by Crippen LogP contribution is -2.00. The molecule has 0 amide bonds. The summed E-state index contributed by atoms with van der Waals surface area (Å²) >= 11 is 5.88. The molecule has 2 aromatic rings. The zero-order valence-electron chi connectivity index (χ0n) is 10.7. The highest BCUT2D eigenvalue weighted by Crippen LogP contribution is 2.24. The van der Waals surface area contributed by atoms with Crippen molar-refractivity contribution in [2.75, 3.05) is 12.8 Å². The van der Waals surface area contributed by atoms with E-state index in [9.17, 15) is 8.60 Å². The van der Waals surface area contributed by atoms with Gasteiger partial charge in [-0.2, -0.15) is 0 Å². The van der Waals surface area contributed by atoms with Gasteiger partial charge in [0.15, 0.2) is 0 Å². The molecule has 0 saturated carbocycles. The average molecular weight is 314 g/mol. The second-order valence-corrected chi connectivity index (χ2v) is 5.99. The molecule has 2 N–H and O–H groups in total. The molecule has 0 radical (unpaired) electrons. The monoisotopic (exact) mass is 313 g/mol. The number of nitrogen functional groups attached to an aromatic ring is 1. The Hall–Kier alpha value is -1.59. The van der Waals surface area contributed by atoms with E-state index in [1.807, 2.05) is 0 Å². The zero-order chi connectivity index (χ0) is 14.7. The van der Waals surface area contributed by atoms with E-state index < -0.39 is 16.6 Å². The maximum Gasteiger partial charge on any atom is 0.131 e. The third-order valence-corrected chi connectivity index (χ3v) is 4.46. The number of ether oxygens (including phenoxy) is 1. The minimum atomic E-state index is -1.39. The van der Waals surface area contributed by atoms with E-state index in [0.717, 1.165) is 0 Å². The Morgan fingerprint density at radius 1 is 1.30 bits per heavy atom. The predicted octanol–water partition coefficient (Wildman–Crippen LogP) is 3.38. The van der Waals surface area contributed by atoms with Crippen molar-refractivity contribution in [3.63, 3.8) is 0 Å². The molecule has 20 heavy (non-hydrogen) atoms. The lowest BCUT2D eigenvalue weighted by atomic mass is 10.2. The maximum atomic E-state index is 13.8. The van der Waals surface area contributed by atoms with E-state index in [2.05, 4.69) is 0 Å². The molecule has 0 fully saturated rings. The fourth-order valence-electron chi connectivity index (χ4n) is 1.65. The highest BCUT2D eigenvalue weighted by atomic mass is 35.5. The highest BCUT2D eigenvalue weighted by molar-refractivity contribution is 7.84. The van der Waals surface area contributed by atoms with Crippen LogP contribution in [0.1, 0.15) is 5.56 Å². The molecule has 0 aromatic heterocycles. The summed E-state index contributed by atoms with van der Waals surface area (Å²) in [7, 11) is 0.0687. The van der Waals surface area contributed by atoms with Crippen LogP contribution in [0.5, 0.6) is 5.75 Å². The van der Waals surface area contributed by atoms with E-state index in [4.69, 9.17) is 22.1 Å². The number of rotatable bonds is 4. The summed E-state index contributed by atoms with van der Waals surface area (Å²) in [5, 5.41) is 0.339. The lowest BCUT2D eigenvalue weighted by Gasteiger charge is -2.07. The first kappa shape index (κ1) is 14.8. The van der Waals surface area contributed by atoms with Gasteiger partial charge in [-0.1, -0.05) is 17.7 Å². The predicted molar refractivity (Wildman–Crippen MR) is 78.9 cm³/mol. The first-order valence-electron chi connectivity index (χ1n) is 5.77. The summed E-state index contributed by atoms with van der Waals surface area (Å²) in [6, 6.07) is 9.20. The van der Waals surface area contributed by atoms with Crippen LogP contribution in [0.2, 0.25) is 5.02 Å². The van der Waals surface area contributed by atoms with Crippen molar-refractivity contribution >= 4 is 28.1 Å². The standard InChI is InChI=1S/C14H13ClFNO2S/c1-19-10-3-2-9(13(16)6-10)8-20(18)11-4-5-14(17)12(15)7-11/h2-7H,8,17H2,1H3. The third-order valence-electron chi connectivity index (χ3n) is 2.78. The van der Waals surface area contributed by atoms with Gasteiger partial charge in [0, 0.05) is 16.5 Å². The second-order valence-electron chi connectivity index (χ2n) is 4.13. The zero-order valence-corrected chi connectivity index (χ0v) is 12.3. The van der Waals surface area contributed by atoms with Gasteiger partial charge in [-0.25, -0.2) is 4.39 Å².